The quantitative estimate of drug-likeness (QED) is 0.615. The summed E-state index contributed by atoms with van der Waals surface area (Å²) in [6, 6.07) is 1.99. The normalized spacial score (nSPS) is 14.6. The van der Waals surface area contributed by atoms with E-state index >= 15 is 0 Å². The van der Waals surface area contributed by atoms with Crippen LogP contribution < -0.4 is 5.32 Å². The first-order valence-corrected chi connectivity index (χ1v) is 10.3. The van der Waals surface area contributed by atoms with Crippen molar-refractivity contribution in [3.8, 4) is 0 Å². The fraction of sp³-hybridized carbons (Fsp3) is 0.632. The Morgan fingerprint density at radius 3 is 2.88 bits per heavy atom. The minimum Gasteiger partial charge on any atom is -0.359 e. The van der Waals surface area contributed by atoms with Crippen molar-refractivity contribution < 1.29 is 4.52 Å². The van der Waals surface area contributed by atoms with E-state index in [2.05, 4.69) is 43.2 Å². The largest absolute Gasteiger partial charge is 0.359 e. The number of aromatic nitrogens is 2. The van der Waals surface area contributed by atoms with Crippen LogP contribution in [0.3, 0.4) is 0 Å². The lowest BCUT2D eigenvalue weighted by atomic mass is 10.0. The molecule has 6 nitrogen and oxygen atoms in total. The summed E-state index contributed by atoms with van der Waals surface area (Å²) in [7, 11) is 2.06. The van der Waals surface area contributed by atoms with Gasteiger partial charge in [0, 0.05) is 24.5 Å². The van der Waals surface area contributed by atoms with E-state index < -0.39 is 0 Å². The van der Waals surface area contributed by atoms with E-state index in [1.54, 1.807) is 0 Å². The molecule has 0 unspecified atom stereocenters. The summed E-state index contributed by atoms with van der Waals surface area (Å²) in [5.74, 6) is 2.02. The number of nitrogens with one attached hydrogen (secondary N) is 1. The number of hydrogen-bond acceptors (Lipinski definition) is 5. The molecule has 0 aromatic carbocycles. The van der Waals surface area contributed by atoms with E-state index in [-0.39, 0.29) is 0 Å². The number of nitrogens with zero attached hydrogens (tertiary/aromatic N) is 4. The van der Waals surface area contributed by atoms with Gasteiger partial charge in [0.1, 0.15) is 11.6 Å². The highest BCUT2D eigenvalue weighted by atomic mass is 32.1. The first-order valence-electron chi connectivity index (χ1n) is 9.49. The summed E-state index contributed by atoms with van der Waals surface area (Å²) in [6.45, 7) is 8.38. The van der Waals surface area contributed by atoms with Gasteiger partial charge in [-0.2, -0.15) is 0 Å². The third-order valence-electron chi connectivity index (χ3n) is 4.51. The molecule has 2 aromatic heterocycles. The van der Waals surface area contributed by atoms with Crippen molar-refractivity contribution in [3.05, 3.63) is 33.1 Å². The zero-order valence-electron chi connectivity index (χ0n) is 16.2. The second-order valence-corrected chi connectivity index (χ2v) is 8.25. The molecule has 0 radical (unpaired) electrons. The highest BCUT2D eigenvalue weighted by molar-refractivity contribution is 7.11. The minimum absolute atomic E-state index is 0.364. The molecule has 0 fully saturated rings. The van der Waals surface area contributed by atoms with Crippen LogP contribution in [-0.2, 0) is 25.9 Å². The Morgan fingerprint density at radius 1 is 1.38 bits per heavy atom. The van der Waals surface area contributed by atoms with Gasteiger partial charge in [-0.15, -0.1) is 11.3 Å². The van der Waals surface area contributed by atoms with Crippen molar-refractivity contribution in [1.29, 1.82) is 0 Å². The van der Waals surface area contributed by atoms with Crippen molar-refractivity contribution in [1.82, 2.24) is 20.4 Å². The Balaban J connectivity index is 1.66. The van der Waals surface area contributed by atoms with Crippen LogP contribution in [0.1, 0.15) is 66.6 Å². The van der Waals surface area contributed by atoms with Gasteiger partial charge >= 0.3 is 0 Å². The third kappa shape index (κ3) is 4.63. The predicted molar refractivity (Wildman–Crippen MR) is 106 cm³/mol. The molecule has 0 aliphatic heterocycles. The number of hydrogen-bond donors (Lipinski definition) is 1. The van der Waals surface area contributed by atoms with Crippen LogP contribution in [0, 0.1) is 0 Å². The highest BCUT2D eigenvalue weighted by Crippen LogP contribution is 2.27. The van der Waals surface area contributed by atoms with Crippen LogP contribution in [0.25, 0.3) is 0 Å². The maximum atomic E-state index is 5.39. The van der Waals surface area contributed by atoms with E-state index in [0.29, 0.717) is 12.5 Å². The van der Waals surface area contributed by atoms with Gasteiger partial charge in [0.25, 0.3) is 0 Å². The van der Waals surface area contributed by atoms with Gasteiger partial charge in [-0.1, -0.05) is 19.0 Å². The van der Waals surface area contributed by atoms with Crippen molar-refractivity contribution in [2.45, 2.75) is 65.5 Å². The third-order valence-corrected chi connectivity index (χ3v) is 5.65. The lowest BCUT2D eigenvalue weighted by Gasteiger charge is -2.20. The molecular weight excluding hydrogens is 346 g/mol. The van der Waals surface area contributed by atoms with Gasteiger partial charge in [-0.05, 0) is 38.5 Å². The number of thiazole rings is 1. The highest BCUT2D eigenvalue weighted by Gasteiger charge is 2.17. The first-order chi connectivity index (χ1) is 12.6. The second kappa shape index (κ2) is 8.66. The van der Waals surface area contributed by atoms with Crippen molar-refractivity contribution in [2.24, 2.45) is 4.99 Å². The molecule has 3 rings (SSSR count). The van der Waals surface area contributed by atoms with Crippen molar-refractivity contribution >= 4 is 17.3 Å². The van der Waals surface area contributed by atoms with Crippen LogP contribution in [0.4, 0.5) is 0 Å². The summed E-state index contributed by atoms with van der Waals surface area (Å²) in [4.78, 5) is 13.2. The van der Waals surface area contributed by atoms with E-state index in [1.807, 2.05) is 17.4 Å². The molecule has 0 atom stereocenters. The molecule has 26 heavy (non-hydrogen) atoms. The van der Waals surface area contributed by atoms with Crippen molar-refractivity contribution in [2.75, 3.05) is 13.6 Å². The molecule has 2 aromatic rings. The molecule has 0 bridgehead atoms. The molecule has 0 spiro atoms. The monoisotopic (exact) mass is 375 g/mol. The average Bonchev–Trinajstić information content (AvgIpc) is 3.24. The van der Waals surface area contributed by atoms with Gasteiger partial charge in [-0.3, -0.25) is 0 Å². The van der Waals surface area contributed by atoms with Gasteiger partial charge in [-0.25, -0.2) is 9.98 Å². The summed E-state index contributed by atoms with van der Waals surface area (Å²) in [5.41, 5.74) is 2.29. The molecular formula is C19H29N5OS. The smallest absolute Gasteiger partial charge is 0.194 e. The number of fused-ring (bicyclic) bond motifs is 1. The standard InChI is InChI=1S/C19H29N5OS/c1-5-20-19(21-11-14-10-16(13(2)3)23-25-14)24(4)12-18-22-15-8-6-7-9-17(15)26-18/h10,13H,5-9,11-12H2,1-4H3,(H,20,21). The second-order valence-electron chi connectivity index (χ2n) is 7.08. The fourth-order valence-corrected chi connectivity index (χ4v) is 4.26. The number of rotatable bonds is 6. The zero-order chi connectivity index (χ0) is 18.5. The van der Waals surface area contributed by atoms with Gasteiger partial charge in [0.15, 0.2) is 11.7 Å². The summed E-state index contributed by atoms with van der Waals surface area (Å²) in [6.07, 6.45) is 4.89. The van der Waals surface area contributed by atoms with E-state index in [9.17, 15) is 0 Å². The molecule has 142 valence electrons. The van der Waals surface area contributed by atoms with Crippen LogP contribution in [-0.4, -0.2) is 34.6 Å². The molecule has 0 saturated heterocycles. The molecule has 0 saturated carbocycles. The number of aryl methyl sites for hydroxylation is 2. The molecule has 7 heteroatoms. The molecule has 1 N–H and O–H groups in total. The first kappa shape index (κ1) is 18.9. The maximum absolute atomic E-state index is 5.39. The molecule has 0 amide bonds. The van der Waals surface area contributed by atoms with Crippen LogP contribution in [0.15, 0.2) is 15.6 Å². The lowest BCUT2D eigenvalue weighted by Crippen LogP contribution is -2.38. The summed E-state index contributed by atoms with van der Waals surface area (Å²) < 4.78 is 5.39. The van der Waals surface area contributed by atoms with Gasteiger partial charge in [0.05, 0.1) is 17.9 Å². The molecule has 1 aliphatic rings. The molecule has 1 aliphatic carbocycles. The van der Waals surface area contributed by atoms with E-state index in [4.69, 9.17) is 14.5 Å². The zero-order valence-corrected chi connectivity index (χ0v) is 17.0. The average molecular weight is 376 g/mol. The maximum Gasteiger partial charge on any atom is 0.194 e. The fourth-order valence-electron chi connectivity index (χ4n) is 3.05. The number of guanidine groups is 1. The predicted octanol–water partition coefficient (Wildman–Crippen LogP) is 3.73. The van der Waals surface area contributed by atoms with Crippen LogP contribution in [0.2, 0.25) is 0 Å². The van der Waals surface area contributed by atoms with E-state index in [0.717, 1.165) is 36.9 Å². The minimum atomic E-state index is 0.364. The Labute approximate surface area is 159 Å². The van der Waals surface area contributed by atoms with Crippen LogP contribution in [0.5, 0.6) is 0 Å². The summed E-state index contributed by atoms with van der Waals surface area (Å²) >= 11 is 1.86. The Bertz CT molecular complexity index is 725. The molecule has 2 heterocycles. The Hall–Kier alpha value is -1.89. The topological polar surface area (TPSA) is 66.6 Å². The lowest BCUT2D eigenvalue weighted by molar-refractivity contribution is 0.375. The van der Waals surface area contributed by atoms with Gasteiger partial charge < -0.3 is 14.7 Å². The Morgan fingerprint density at radius 2 is 2.19 bits per heavy atom. The number of aliphatic imine (C=N–C) groups is 1. The summed E-state index contributed by atoms with van der Waals surface area (Å²) in [5, 5.41) is 8.63. The van der Waals surface area contributed by atoms with E-state index in [1.165, 1.54) is 34.8 Å². The van der Waals surface area contributed by atoms with Gasteiger partial charge in [0.2, 0.25) is 0 Å². The van der Waals surface area contributed by atoms with Crippen LogP contribution >= 0.6 is 11.3 Å². The Kier molecular flexibility index (Phi) is 6.29. The SMILES string of the molecule is CCNC(=NCc1cc(C(C)C)no1)N(C)Cc1nc2c(s1)CCCC2. The van der Waals surface area contributed by atoms with Crippen molar-refractivity contribution in [3.63, 3.8) is 0 Å².